The van der Waals surface area contributed by atoms with Crippen LogP contribution in [0.4, 0.5) is 0 Å². The Labute approximate surface area is 70.0 Å². The molecule has 0 amide bonds. The zero-order valence-corrected chi connectivity index (χ0v) is 7.06. The lowest BCUT2D eigenvalue weighted by Gasteiger charge is -1.93. The van der Waals surface area contributed by atoms with Crippen molar-refractivity contribution in [2.75, 3.05) is 6.54 Å². The predicted molar refractivity (Wildman–Crippen MR) is 46.9 cm³/mol. The van der Waals surface area contributed by atoms with E-state index in [1.807, 2.05) is 17.5 Å². The maximum Gasteiger partial charge on any atom is 0.172 e. The fourth-order valence-electron chi connectivity index (χ4n) is 0.823. The van der Waals surface area contributed by atoms with Gasteiger partial charge in [-0.25, -0.2) is 0 Å². The number of nitrogens with two attached hydrogens (primary N) is 1. The van der Waals surface area contributed by atoms with Crippen molar-refractivity contribution in [1.82, 2.24) is 0 Å². The Hall–Kier alpha value is -0.670. The first-order chi connectivity index (χ1) is 5.34. The van der Waals surface area contributed by atoms with Crippen molar-refractivity contribution in [2.45, 2.75) is 12.8 Å². The Morgan fingerprint density at radius 1 is 1.64 bits per heavy atom. The van der Waals surface area contributed by atoms with E-state index in [1.165, 1.54) is 11.3 Å². The van der Waals surface area contributed by atoms with E-state index in [9.17, 15) is 4.79 Å². The summed E-state index contributed by atoms with van der Waals surface area (Å²) in [4.78, 5) is 12.1. The van der Waals surface area contributed by atoms with Crippen molar-refractivity contribution >= 4 is 17.1 Å². The van der Waals surface area contributed by atoms with E-state index < -0.39 is 0 Å². The quantitative estimate of drug-likeness (QED) is 0.697. The lowest BCUT2D eigenvalue weighted by molar-refractivity contribution is 0.0984. The summed E-state index contributed by atoms with van der Waals surface area (Å²) in [6.07, 6.45) is 1.37. The Morgan fingerprint density at radius 2 is 2.45 bits per heavy atom. The van der Waals surface area contributed by atoms with Crippen molar-refractivity contribution in [3.05, 3.63) is 22.4 Å². The van der Waals surface area contributed by atoms with E-state index in [2.05, 4.69) is 0 Å². The Balaban J connectivity index is 2.43. The summed E-state index contributed by atoms with van der Waals surface area (Å²) in [5.41, 5.74) is 5.28. The minimum atomic E-state index is 0.213. The molecule has 0 bridgehead atoms. The number of hydrogen-bond donors (Lipinski definition) is 1. The van der Waals surface area contributed by atoms with Gasteiger partial charge in [0, 0.05) is 6.42 Å². The van der Waals surface area contributed by atoms with Crippen LogP contribution in [0.1, 0.15) is 22.5 Å². The van der Waals surface area contributed by atoms with Gasteiger partial charge < -0.3 is 5.73 Å². The average Bonchev–Trinajstić information content (AvgIpc) is 2.52. The third kappa shape index (κ3) is 2.44. The van der Waals surface area contributed by atoms with E-state index in [0.29, 0.717) is 13.0 Å². The number of Topliss-reactive ketones (excluding diaryl/α,β-unsaturated/α-hetero) is 1. The molecule has 1 rings (SSSR count). The fraction of sp³-hybridized carbons (Fsp3) is 0.375. The SMILES string of the molecule is NCCCC(=O)c1cccs1. The third-order valence-electron chi connectivity index (χ3n) is 1.40. The maximum absolute atomic E-state index is 11.2. The number of hydrogen-bond acceptors (Lipinski definition) is 3. The number of thiophene rings is 1. The highest BCUT2D eigenvalue weighted by Crippen LogP contribution is 2.11. The summed E-state index contributed by atoms with van der Waals surface area (Å²) in [6, 6.07) is 3.74. The van der Waals surface area contributed by atoms with Gasteiger partial charge in [-0.05, 0) is 24.4 Å². The monoisotopic (exact) mass is 169 g/mol. The predicted octanol–water partition coefficient (Wildman–Crippen LogP) is 1.67. The molecule has 0 aliphatic carbocycles. The minimum absolute atomic E-state index is 0.213. The molecular weight excluding hydrogens is 158 g/mol. The smallest absolute Gasteiger partial charge is 0.172 e. The van der Waals surface area contributed by atoms with Crippen LogP contribution in [-0.4, -0.2) is 12.3 Å². The first kappa shape index (κ1) is 8.43. The average molecular weight is 169 g/mol. The zero-order chi connectivity index (χ0) is 8.10. The summed E-state index contributed by atoms with van der Waals surface area (Å²) < 4.78 is 0. The Morgan fingerprint density at radius 3 is 3.00 bits per heavy atom. The van der Waals surface area contributed by atoms with Gasteiger partial charge in [0.1, 0.15) is 0 Å². The summed E-state index contributed by atoms with van der Waals surface area (Å²) in [5.74, 6) is 0.213. The van der Waals surface area contributed by atoms with Crippen LogP contribution in [0, 0.1) is 0 Å². The molecule has 0 spiro atoms. The number of carbonyl (C=O) groups is 1. The molecule has 0 fully saturated rings. The molecule has 1 aromatic heterocycles. The number of carbonyl (C=O) groups excluding carboxylic acids is 1. The molecular formula is C8H11NOS. The maximum atomic E-state index is 11.2. The second-order valence-electron chi connectivity index (χ2n) is 2.29. The summed E-state index contributed by atoms with van der Waals surface area (Å²) in [5, 5.41) is 1.91. The second-order valence-corrected chi connectivity index (χ2v) is 3.24. The van der Waals surface area contributed by atoms with Gasteiger partial charge in [0.05, 0.1) is 4.88 Å². The molecule has 0 atom stereocenters. The standard InChI is InChI=1S/C8H11NOS/c9-5-1-3-7(10)8-4-2-6-11-8/h2,4,6H,1,3,5,9H2. The van der Waals surface area contributed by atoms with Crippen LogP contribution in [0.3, 0.4) is 0 Å². The summed E-state index contributed by atoms with van der Waals surface area (Å²) in [7, 11) is 0. The van der Waals surface area contributed by atoms with E-state index in [1.54, 1.807) is 0 Å². The van der Waals surface area contributed by atoms with E-state index in [-0.39, 0.29) is 5.78 Å². The molecule has 1 heterocycles. The van der Waals surface area contributed by atoms with E-state index in [0.717, 1.165) is 11.3 Å². The normalized spacial score (nSPS) is 9.91. The molecule has 3 heteroatoms. The third-order valence-corrected chi connectivity index (χ3v) is 2.31. The van der Waals surface area contributed by atoms with Crippen LogP contribution in [0.25, 0.3) is 0 Å². The molecule has 2 N–H and O–H groups in total. The molecule has 0 aromatic carbocycles. The second kappa shape index (κ2) is 4.26. The highest BCUT2D eigenvalue weighted by Gasteiger charge is 2.04. The molecule has 2 nitrogen and oxygen atoms in total. The minimum Gasteiger partial charge on any atom is -0.330 e. The molecule has 0 aliphatic heterocycles. The van der Waals surface area contributed by atoms with Gasteiger partial charge in [-0.2, -0.15) is 0 Å². The van der Waals surface area contributed by atoms with Crippen molar-refractivity contribution in [3.63, 3.8) is 0 Å². The summed E-state index contributed by atoms with van der Waals surface area (Å²) in [6.45, 7) is 0.594. The van der Waals surface area contributed by atoms with Gasteiger partial charge in [-0.15, -0.1) is 11.3 Å². The van der Waals surface area contributed by atoms with Crippen molar-refractivity contribution in [3.8, 4) is 0 Å². The molecule has 11 heavy (non-hydrogen) atoms. The number of ketones is 1. The molecule has 60 valence electrons. The Kier molecular flexibility index (Phi) is 3.26. The van der Waals surface area contributed by atoms with Crippen LogP contribution in [0.5, 0.6) is 0 Å². The first-order valence-corrected chi connectivity index (χ1v) is 4.49. The van der Waals surface area contributed by atoms with Gasteiger partial charge >= 0.3 is 0 Å². The van der Waals surface area contributed by atoms with Gasteiger partial charge in [-0.1, -0.05) is 6.07 Å². The van der Waals surface area contributed by atoms with Crippen molar-refractivity contribution in [2.24, 2.45) is 5.73 Å². The van der Waals surface area contributed by atoms with Crippen LogP contribution in [0.2, 0.25) is 0 Å². The molecule has 0 saturated carbocycles. The van der Waals surface area contributed by atoms with Crippen LogP contribution in [-0.2, 0) is 0 Å². The topological polar surface area (TPSA) is 43.1 Å². The van der Waals surface area contributed by atoms with Crippen molar-refractivity contribution in [1.29, 1.82) is 0 Å². The largest absolute Gasteiger partial charge is 0.330 e. The molecule has 0 saturated heterocycles. The lowest BCUT2D eigenvalue weighted by Crippen LogP contribution is -2.03. The fourth-order valence-corrected chi connectivity index (χ4v) is 1.52. The van der Waals surface area contributed by atoms with Crippen molar-refractivity contribution < 1.29 is 4.79 Å². The highest BCUT2D eigenvalue weighted by molar-refractivity contribution is 7.12. The Bertz CT molecular complexity index is 218. The lowest BCUT2D eigenvalue weighted by atomic mass is 10.2. The van der Waals surface area contributed by atoms with Crippen LogP contribution >= 0.6 is 11.3 Å². The van der Waals surface area contributed by atoms with Gasteiger partial charge in [0.2, 0.25) is 0 Å². The molecule has 1 aromatic rings. The van der Waals surface area contributed by atoms with E-state index in [4.69, 9.17) is 5.73 Å². The molecule has 0 unspecified atom stereocenters. The van der Waals surface area contributed by atoms with Gasteiger partial charge in [-0.3, -0.25) is 4.79 Å². The van der Waals surface area contributed by atoms with E-state index >= 15 is 0 Å². The molecule has 0 radical (unpaired) electrons. The van der Waals surface area contributed by atoms with Crippen LogP contribution in [0.15, 0.2) is 17.5 Å². The summed E-state index contributed by atoms with van der Waals surface area (Å²) >= 11 is 1.49. The highest BCUT2D eigenvalue weighted by atomic mass is 32.1. The van der Waals surface area contributed by atoms with Crippen LogP contribution < -0.4 is 5.73 Å². The first-order valence-electron chi connectivity index (χ1n) is 3.61. The number of rotatable bonds is 4. The van der Waals surface area contributed by atoms with Gasteiger partial charge in [0.15, 0.2) is 5.78 Å². The van der Waals surface area contributed by atoms with Gasteiger partial charge in [0.25, 0.3) is 0 Å². The zero-order valence-electron chi connectivity index (χ0n) is 6.25. The molecule has 0 aliphatic rings.